The van der Waals surface area contributed by atoms with E-state index in [-0.39, 0.29) is 5.56 Å². The minimum absolute atomic E-state index is 0.233. The lowest BCUT2D eigenvalue weighted by Gasteiger charge is -2.27. The van der Waals surface area contributed by atoms with E-state index in [1.165, 1.54) is 36.4 Å². The molecule has 2 aromatic rings. The van der Waals surface area contributed by atoms with Crippen LogP contribution in [-0.4, -0.2) is 29.3 Å². The van der Waals surface area contributed by atoms with Gasteiger partial charge in [-0.2, -0.15) is 0 Å². The molecule has 5 heteroatoms. The van der Waals surface area contributed by atoms with Crippen molar-refractivity contribution in [3.05, 3.63) is 52.4 Å². The van der Waals surface area contributed by atoms with Crippen LogP contribution in [0, 0.1) is 0 Å². The lowest BCUT2D eigenvalue weighted by atomic mass is 10.1. The van der Waals surface area contributed by atoms with Crippen LogP contribution >= 0.6 is 11.3 Å². The molecule has 0 amide bonds. The SMILES string of the molecule is O=C(O)c1ccc(C(O)c2ccc(N3CCCCC3)s2)cc1. The van der Waals surface area contributed by atoms with Gasteiger partial charge in [0.2, 0.25) is 0 Å². The van der Waals surface area contributed by atoms with Gasteiger partial charge >= 0.3 is 5.97 Å². The number of hydrogen-bond acceptors (Lipinski definition) is 4. The maximum Gasteiger partial charge on any atom is 0.335 e. The van der Waals surface area contributed by atoms with E-state index in [1.807, 2.05) is 6.07 Å². The summed E-state index contributed by atoms with van der Waals surface area (Å²) in [6.07, 6.45) is 3.05. The van der Waals surface area contributed by atoms with Crippen LogP contribution in [0.4, 0.5) is 5.00 Å². The van der Waals surface area contributed by atoms with Crippen molar-refractivity contribution in [1.29, 1.82) is 0 Å². The Labute approximate surface area is 133 Å². The minimum Gasteiger partial charge on any atom is -0.478 e. The lowest BCUT2D eigenvalue weighted by molar-refractivity contribution is 0.0696. The fraction of sp³-hybridized carbons (Fsp3) is 0.353. The van der Waals surface area contributed by atoms with Gasteiger partial charge in [-0.1, -0.05) is 12.1 Å². The number of aliphatic hydroxyl groups is 1. The van der Waals surface area contributed by atoms with Crippen LogP contribution in [0.25, 0.3) is 0 Å². The van der Waals surface area contributed by atoms with E-state index in [9.17, 15) is 9.90 Å². The summed E-state index contributed by atoms with van der Waals surface area (Å²) in [5.41, 5.74) is 0.952. The van der Waals surface area contributed by atoms with E-state index in [1.54, 1.807) is 23.5 Å². The number of nitrogens with zero attached hydrogens (tertiary/aromatic N) is 1. The molecule has 0 spiro atoms. The number of hydrogen-bond donors (Lipinski definition) is 2. The smallest absolute Gasteiger partial charge is 0.335 e. The predicted molar refractivity (Wildman–Crippen MR) is 87.8 cm³/mol. The molecule has 1 atom stereocenters. The molecule has 0 bridgehead atoms. The summed E-state index contributed by atoms with van der Waals surface area (Å²) in [5.74, 6) is -0.954. The fourth-order valence-electron chi connectivity index (χ4n) is 2.75. The zero-order valence-electron chi connectivity index (χ0n) is 12.2. The number of thiophene rings is 1. The number of benzene rings is 1. The fourth-order valence-corrected chi connectivity index (χ4v) is 3.82. The summed E-state index contributed by atoms with van der Waals surface area (Å²) in [5, 5.41) is 20.6. The molecule has 0 saturated carbocycles. The molecule has 1 unspecified atom stereocenters. The number of rotatable bonds is 4. The third-order valence-electron chi connectivity index (χ3n) is 4.02. The highest BCUT2D eigenvalue weighted by molar-refractivity contribution is 7.16. The number of anilines is 1. The molecular formula is C17H19NO3S. The van der Waals surface area contributed by atoms with Crippen LogP contribution < -0.4 is 4.90 Å². The van der Waals surface area contributed by atoms with Gasteiger partial charge in [-0.05, 0) is 49.1 Å². The average molecular weight is 317 g/mol. The van der Waals surface area contributed by atoms with E-state index in [0.717, 1.165) is 23.5 Å². The third-order valence-corrected chi connectivity index (χ3v) is 5.22. The van der Waals surface area contributed by atoms with Crippen LogP contribution in [-0.2, 0) is 0 Å². The monoisotopic (exact) mass is 317 g/mol. The van der Waals surface area contributed by atoms with Crippen LogP contribution in [0.15, 0.2) is 36.4 Å². The number of piperidine rings is 1. The number of aromatic carboxylic acids is 1. The van der Waals surface area contributed by atoms with Crippen molar-refractivity contribution in [2.45, 2.75) is 25.4 Å². The van der Waals surface area contributed by atoms with Crippen LogP contribution in [0.2, 0.25) is 0 Å². The Morgan fingerprint density at radius 1 is 1.05 bits per heavy atom. The first-order chi connectivity index (χ1) is 10.6. The summed E-state index contributed by atoms with van der Waals surface area (Å²) in [6.45, 7) is 2.17. The third kappa shape index (κ3) is 3.15. The topological polar surface area (TPSA) is 60.8 Å². The van der Waals surface area contributed by atoms with Gasteiger partial charge in [0.25, 0.3) is 0 Å². The van der Waals surface area contributed by atoms with Gasteiger partial charge in [0.15, 0.2) is 0 Å². The molecule has 2 N–H and O–H groups in total. The van der Waals surface area contributed by atoms with Gasteiger partial charge in [-0.3, -0.25) is 0 Å². The molecule has 1 saturated heterocycles. The molecular weight excluding hydrogens is 298 g/mol. The number of carboxylic acids is 1. The molecule has 116 valence electrons. The van der Waals surface area contributed by atoms with E-state index in [4.69, 9.17) is 5.11 Å². The Hall–Kier alpha value is -1.85. The number of carboxylic acid groups (broad SMARTS) is 1. The highest BCUT2D eigenvalue weighted by Gasteiger charge is 2.17. The predicted octanol–water partition coefficient (Wildman–Crippen LogP) is 3.52. The molecule has 1 aliphatic rings. The summed E-state index contributed by atoms with van der Waals surface area (Å²) < 4.78 is 0. The maximum absolute atomic E-state index is 10.9. The molecule has 0 aliphatic carbocycles. The Bertz CT molecular complexity index is 644. The van der Waals surface area contributed by atoms with Crippen molar-refractivity contribution in [3.8, 4) is 0 Å². The molecule has 3 rings (SSSR count). The van der Waals surface area contributed by atoms with Gasteiger partial charge in [-0.25, -0.2) is 4.79 Å². The zero-order chi connectivity index (χ0) is 15.5. The minimum atomic E-state index is -0.954. The van der Waals surface area contributed by atoms with E-state index < -0.39 is 12.1 Å². The van der Waals surface area contributed by atoms with E-state index in [2.05, 4.69) is 11.0 Å². The molecule has 22 heavy (non-hydrogen) atoms. The Kier molecular flexibility index (Phi) is 4.45. The Morgan fingerprint density at radius 3 is 2.36 bits per heavy atom. The van der Waals surface area contributed by atoms with Crippen molar-refractivity contribution < 1.29 is 15.0 Å². The van der Waals surface area contributed by atoms with Crippen molar-refractivity contribution in [1.82, 2.24) is 0 Å². The van der Waals surface area contributed by atoms with Gasteiger partial charge in [-0.15, -0.1) is 11.3 Å². The largest absolute Gasteiger partial charge is 0.478 e. The maximum atomic E-state index is 10.9. The average Bonchev–Trinajstić information content (AvgIpc) is 3.05. The molecule has 0 radical (unpaired) electrons. The normalized spacial score (nSPS) is 16.5. The summed E-state index contributed by atoms with van der Waals surface area (Å²) in [7, 11) is 0. The van der Waals surface area contributed by atoms with Crippen LogP contribution in [0.5, 0.6) is 0 Å². The van der Waals surface area contributed by atoms with Crippen LogP contribution in [0.3, 0.4) is 0 Å². The molecule has 1 fully saturated rings. The van der Waals surface area contributed by atoms with Gasteiger partial charge in [0.05, 0.1) is 10.6 Å². The second-order valence-corrected chi connectivity index (χ2v) is 6.65. The molecule has 1 aliphatic heterocycles. The van der Waals surface area contributed by atoms with Crippen molar-refractivity contribution in [2.75, 3.05) is 18.0 Å². The van der Waals surface area contributed by atoms with E-state index >= 15 is 0 Å². The first-order valence-corrected chi connectivity index (χ1v) is 8.33. The van der Waals surface area contributed by atoms with Crippen LogP contribution in [0.1, 0.15) is 46.2 Å². The molecule has 1 aromatic carbocycles. The summed E-state index contributed by atoms with van der Waals surface area (Å²) >= 11 is 1.61. The second kappa shape index (κ2) is 6.50. The lowest BCUT2D eigenvalue weighted by Crippen LogP contribution is -2.28. The van der Waals surface area contributed by atoms with Crippen molar-refractivity contribution in [3.63, 3.8) is 0 Å². The van der Waals surface area contributed by atoms with Crippen molar-refractivity contribution in [2.24, 2.45) is 0 Å². The Balaban J connectivity index is 1.75. The highest BCUT2D eigenvalue weighted by Crippen LogP contribution is 2.34. The quantitative estimate of drug-likeness (QED) is 0.906. The molecule has 2 heterocycles. The zero-order valence-corrected chi connectivity index (χ0v) is 13.1. The van der Waals surface area contributed by atoms with Gasteiger partial charge < -0.3 is 15.1 Å². The van der Waals surface area contributed by atoms with Gasteiger partial charge in [0, 0.05) is 18.0 Å². The van der Waals surface area contributed by atoms with Gasteiger partial charge in [0.1, 0.15) is 6.10 Å². The van der Waals surface area contributed by atoms with Crippen molar-refractivity contribution >= 4 is 22.3 Å². The number of carbonyl (C=O) groups is 1. The second-order valence-electron chi connectivity index (χ2n) is 5.55. The first kappa shape index (κ1) is 15.1. The molecule has 4 nitrogen and oxygen atoms in total. The summed E-state index contributed by atoms with van der Waals surface area (Å²) in [4.78, 5) is 14.1. The summed E-state index contributed by atoms with van der Waals surface area (Å²) in [6, 6.07) is 10.4. The van der Waals surface area contributed by atoms with E-state index in [0.29, 0.717) is 0 Å². The standard InChI is InChI=1S/C17H19NO3S/c19-16(12-4-6-13(7-5-12)17(20)21)14-8-9-15(22-14)18-10-2-1-3-11-18/h4-9,16,19H,1-3,10-11H2,(H,20,21). The highest BCUT2D eigenvalue weighted by atomic mass is 32.1. The Morgan fingerprint density at radius 2 is 1.73 bits per heavy atom. The number of aliphatic hydroxyl groups excluding tert-OH is 1. The first-order valence-electron chi connectivity index (χ1n) is 7.51. The molecule has 1 aromatic heterocycles.